The Bertz CT molecular complexity index is 990. The molecule has 1 N–H and O–H groups in total. The van der Waals surface area contributed by atoms with Crippen LogP contribution in [0.25, 0.3) is 16.7 Å². The van der Waals surface area contributed by atoms with Crippen LogP contribution in [0.4, 0.5) is 0 Å². The quantitative estimate of drug-likeness (QED) is 0.783. The molecule has 0 spiro atoms. The molecule has 0 saturated carbocycles. The van der Waals surface area contributed by atoms with Gasteiger partial charge < -0.3 is 10.0 Å². The van der Waals surface area contributed by atoms with E-state index in [2.05, 4.69) is 4.98 Å². The van der Waals surface area contributed by atoms with Crippen LogP contribution in [-0.2, 0) is 4.79 Å². The second kappa shape index (κ2) is 6.29. The predicted molar refractivity (Wildman–Crippen MR) is 99.6 cm³/mol. The normalized spacial score (nSPS) is 11.5. The molecule has 1 heterocycles. The largest absolute Gasteiger partial charge is 0.480 e. The average Bonchev–Trinajstić information content (AvgIpc) is 2.95. The van der Waals surface area contributed by atoms with Crippen molar-refractivity contribution in [3.63, 3.8) is 0 Å². The van der Waals surface area contributed by atoms with Crippen molar-refractivity contribution in [2.24, 2.45) is 0 Å². The van der Waals surface area contributed by atoms with Crippen molar-refractivity contribution in [1.29, 1.82) is 0 Å². The number of carbonyl (C=O) groups excluding carboxylic acids is 1. The van der Waals surface area contributed by atoms with Gasteiger partial charge in [0, 0.05) is 18.3 Å². The minimum Gasteiger partial charge on any atom is -0.480 e. The lowest BCUT2D eigenvalue weighted by Gasteiger charge is -2.31. The first kappa shape index (κ1) is 17.7. The Morgan fingerprint density at radius 3 is 2.38 bits per heavy atom. The first-order chi connectivity index (χ1) is 12.2. The number of nitrogens with zero attached hydrogens (tertiary/aromatic N) is 3. The summed E-state index contributed by atoms with van der Waals surface area (Å²) in [5.74, 6) is -0.597. The maximum atomic E-state index is 12.7. The third-order valence-corrected chi connectivity index (χ3v) is 4.75. The highest BCUT2D eigenvalue weighted by atomic mass is 16.4. The number of amides is 1. The molecule has 0 aliphatic heterocycles. The first-order valence-corrected chi connectivity index (χ1v) is 8.29. The monoisotopic (exact) mass is 351 g/mol. The van der Waals surface area contributed by atoms with E-state index in [1.54, 1.807) is 12.1 Å². The lowest BCUT2D eigenvalue weighted by Crippen LogP contribution is -2.50. The fourth-order valence-corrected chi connectivity index (χ4v) is 2.83. The first-order valence-electron chi connectivity index (χ1n) is 8.29. The molecule has 1 amide bonds. The highest BCUT2D eigenvalue weighted by Gasteiger charge is 2.35. The van der Waals surface area contributed by atoms with E-state index in [4.69, 9.17) is 0 Å². The van der Waals surface area contributed by atoms with Crippen molar-refractivity contribution in [3.05, 3.63) is 59.9 Å². The predicted octanol–water partition coefficient (Wildman–Crippen LogP) is 3.27. The smallest absolute Gasteiger partial charge is 0.329 e. The van der Waals surface area contributed by atoms with Crippen LogP contribution in [0, 0.1) is 6.92 Å². The number of para-hydroxylation sites is 1. The minimum absolute atomic E-state index is 0.355. The molecule has 26 heavy (non-hydrogen) atoms. The number of hydrogen-bond acceptors (Lipinski definition) is 3. The van der Waals surface area contributed by atoms with E-state index in [0.29, 0.717) is 11.1 Å². The third-order valence-electron chi connectivity index (χ3n) is 4.75. The van der Waals surface area contributed by atoms with E-state index in [1.807, 2.05) is 47.9 Å². The second-order valence-electron chi connectivity index (χ2n) is 6.76. The number of carboxylic acid groups (broad SMARTS) is 1. The summed E-state index contributed by atoms with van der Waals surface area (Å²) in [4.78, 5) is 29.9. The van der Waals surface area contributed by atoms with Crippen molar-refractivity contribution in [2.75, 3.05) is 7.05 Å². The molecule has 0 saturated heterocycles. The maximum absolute atomic E-state index is 12.7. The summed E-state index contributed by atoms with van der Waals surface area (Å²) in [5, 5.41) is 9.34. The zero-order valence-electron chi connectivity index (χ0n) is 15.2. The number of aromatic nitrogens is 2. The average molecular weight is 351 g/mol. The van der Waals surface area contributed by atoms with E-state index < -0.39 is 11.5 Å². The van der Waals surface area contributed by atoms with Gasteiger partial charge in [-0.05, 0) is 51.1 Å². The van der Waals surface area contributed by atoms with Crippen molar-refractivity contribution in [1.82, 2.24) is 14.5 Å². The van der Waals surface area contributed by atoms with E-state index in [9.17, 15) is 14.7 Å². The third kappa shape index (κ3) is 2.83. The number of likely N-dealkylation sites (N-methyl/N-ethyl adjacent to an activating group) is 1. The molecule has 6 nitrogen and oxygen atoms in total. The molecular weight excluding hydrogens is 330 g/mol. The summed E-state index contributed by atoms with van der Waals surface area (Å²) >= 11 is 0. The van der Waals surface area contributed by atoms with Crippen LogP contribution in [0.15, 0.2) is 48.5 Å². The van der Waals surface area contributed by atoms with E-state index in [0.717, 1.165) is 17.0 Å². The van der Waals surface area contributed by atoms with Gasteiger partial charge in [-0.1, -0.05) is 18.2 Å². The van der Waals surface area contributed by atoms with Crippen LogP contribution >= 0.6 is 0 Å². The summed E-state index contributed by atoms with van der Waals surface area (Å²) in [5.41, 5.74) is 1.69. The molecule has 2 aromatic carbocycles. The molecule has 0 bridgehead atoms. The Morgan fingerprint density at radius 2 is 1.77 bits per heavy atom. The number of hydrogen-bond donors (Lipinski definition) is 1. The van der Waals surface area contributed by atoms with Crippen LogP contribution in [0.1, 0.15) is 30.0 Å². The van der Waals surface area contributed by atoms with Crippen LogP contribution in [-0.4, -0.2) is 44.0 Å². The molecule has 1 aromatic heterocycles. The minimum atomic E-state index is -1.30. The number of benzene rings is 2. The summed E-state index contributed by atoms with van der Waals surface area (Å²) in [6, 6.07) is 15.1. The Kier molecular flexibility index (Phi) is 4.28. The van der Waals surface area contributed by atoms with Gasteiger partial charge >= 0.3 is 5.97 Å². The second-order valence-corrected chi connectivity index (χ2v) is 6.76. The topological polar surface area (TPSA) is 75.4 Å². The van der Waals surface area contributed by atoms with Crippen molar-refractivity contribution < 1.29 is 14.7 Å². The lowest BCUT2D eigenvalue weighted by atomic mass is 10.0. The zero-order valence-corrected chi connectivity index (χ0v) is 15.2. The summed E-state index contributed by atoms with van der Waals surface area (Å²) in [6.45, 7) is 4.91. The molecule has 0 unspecified atom stereocenters. The lowest BCUT2D eigenvalue weighted by molar-refractivity contribution is -0.147. The maximum Gasteiger partial charge on any atom is 0.329 e. The number of carbonyl (C=O) groups is 2. The van der Waals surface area contributed by atoms with E-state index in [1.165, 1.54) is 25.8 Å². The molecule has 0 aliphatic rings. The molecule has 3 aromatic rings. The summed E-state index contributed by atoms with van der Waals surface area (Å²) in [6.07, 6.45) is 0. The molecule has 0 radical (unpaired) electrons. The molecule has 0 atom stereocenters. The number of fused-ring (bicyclic) bond motifs is 1. The number of aliphatic carboxylic acids is 1. The van der Waals surface area contributed by atoms with Gasteiger partial charge in [0.2, 0.25) is 0 Å². The van der Waals surface area contributed by atoms with Gasteiger partial charge in [-0.2, -0.15) is 0 Å². The van der Waals surface area contributed by atoms with Gasteiger partial charge in [0.05, 0.1) is 11.0 Å². The SMILES string of the molecule is Cc1nc2cc(C(=O)N(C)C(C)(C)C(=O)O)ccc2n1-c1ccccc1. The Balaban J connectivity index is 2.04. The van der Waals surface area contributed by atoms with Gasteiger partial charge in [0.25, 0.3) is 5.91 Å². The molecule has 0 aliphatic carbocycles. The Hall–Kier alpha value is -3.15. The molecule has 3 rings (SSSR count). The van der Waals surface area contributed by atoms with E-state index in [-0.39, 0.29) is 5.91 Å². The van der Waals surface area contributed by atoms with Crippen LogP contribution < -0.4 is 0 Å². The fourth-order valence-electron chi connectivity index (χ4n) is 2.83. The Morgan fingerprint density at radius 1 is 1.12 bits per heavy atom. The molecule has 134 valence electrons. The van der Waals surface area contributed by atoms with Gasteiger partial charge in [-0.25, -0.2) is 9.78 Å². The van der Waals surface area contributed by atoms with Crippen LogP contribution in [0.3, 0.4) is 0 Å². The highest BCUT2D eigenvalue weighted by molar-refractivity contribution is 6.00. The van der Waals surface area contributed by atoms with Gasteiger partial charge in [-0.15, -0.1) is 0 Å². The number of imidazole rings is 1. The molecule has 6 heteroatoms. The zero-order chi connectivity index (χ0) is 19.1. The fraction of sp³-hybridized carbons (Fsp3) is 0.250. The van der Waals surface area contributed by atoms with Gasteiger partial charge in [0.15, 0.2) is 0 Å². The van der Waals surface area contributed by atoms with Crippen molar-refractivity contribution >= 4 is 22.9 Å². The number of carboxylic acids is 1. The Labute approximate surface area is 151 Å². The van der Waals surface area contributed by atoms with Crippen molar-refractivity contribution in [2.45, 2.75) is 26.3 Å². The number of rotatable bonds is 4. The van der Waals surface area contributed by atoms with Crippen molar-refractivity contribution in [3.8, 4) is 5.69 Å². The molecular formula is C20H21N3O3. The van der Waals surface area contributed by atoms with Crippen LogP contribution in [0.5, 0.6) is 0 Å². The summed E-state index contributed by atoms with van der Waals surface area (Å²) in [7, 11) is 1.49. The standard InChI is InChI=1S/C20H21N3O3/c1-13-21-16-12-14(18(24)22(4)20(2,3)19(25)26)10-11-17(16)23(13)15-8-6-5-7-9-15/h5-12H,1-4H3,(H,25,26). The highest BCUT2D eigenvalue weighted by Crippen LogP contribution is 2.24. The van der Waals surface area contributed by atoms with Gasteiger partial charge in [0.1, 0.15) is 11.4 Å². The molecule has 0 fully saturated rings. The summed E-state index contributed by atoms with van der Waals surface area (Å²) < 4.78 is 2.02. The van der Waals surface area contributed by atoms with Crippen LogP contribution in [0.2, 0.25) is 0 Å². The van der Waals surface area contributed by atoms with Gasteiger partial charge in [-0.3, -0.25) is 9.36 Å². The van der Waals surface area contributed by atoms with E-state index >= 15 is 0 Å². The number of aryl methyl sites for hydroxylation is 1.